The molecule has 0 amide bonds. The fraction of sp³-hybridized carbons (Fsp3) is 0.0213. The van der Waals surface area contributed by atoms with Crippen molar-refractivity contribution in [3.05, 3.63) is 210 Å². The molecule has 0 N–H and O–H groups in total. The number of nitrogens with zero attached hydrogens (tertiary/aromatic N) is 5. The van der Waals surface area contributed by atoms with Crippen LogP contribution in [0.4, 0.5) is 0 Å². The highest BCUT2D eigenvalue weighted by Crippen LogP contribution is 2.41. The van der Waals surface area contributed by atoms with E-state index in [0.717, 1.165) is 66.7 Å². The lowest BCUT2D eigenvalue weighted by atomic mass is 9.91. The predicted molar refractivity (Wildman–Crippen MR) is 213 cm³/mol. The molecule has 0 fully saturated rings. The highest BCUT2D eigenvalue weighted by molar-refractivity contribution is 6.19. The van der Waals surface area contributed by atoms with Gasteiger partial charge in [0.1, 0.15) is 0 Å². The van der Waals surface area contributed by atoms with Crippen molar-refractivity contribution in [1.29, 1.82) is 0 Å². The highest BCUT2D eigenvalue weighted by atomic mass is 15.2. The number of hydrogen-bond donors (Lipinski definition) is 0. The van der Waals surface area contributed by atoms with Crippen LogP contribution in [0.2, 0.25) is 0 Å². The van der Waals surface area contributed by atoms with Gasteiger partial charge < -0.3 is 10.3 Å². The molecule has 0 aliphatic carbocycles. The van der Waals surface area contributed by atoms with Gasteiger partial charge in [0.25, 0.3) is 0 Å². The summed E-state index contributed by atoms with van der Waals surface area (Å²) in [6.07, 6.45) is -0.511. The number of fused-ring (bicyclic) bond motifs is 1. The van der Waals surface area contributed by atoms with Crippen LogP contribution in [0, 0.1) is 0 Å². The fourth-order valence-corrected chi connectivity index (χ4v) is 6.71. The van der Waals surface area contributed by atoms with Crippen molar-refractivity contribution in [2.24, 2.45) is 9.98 Å². The van der Waals surface area contributed by atoms with Gasteiger partial charge in [0, 0.05) is 16.7 Å². The normalized spacial score (nSPS) is 14.0. The van der Waals surface area contributed by atoms with Gasteiger partial charge >= 0.3 is 0 Å². The number of aliphatic imine (C=N–C) groups is 2. The second kappa shape index (κ2) is 13.7. The first-order chi connectivity index (χ1) is 25.8. The molecule has 1 atom stereocenters. The van der Waals surface area contributed by atoms with E-state index in [0.29, 0.717) is 17.5 Å². The molecule has 1 aliphatic heterocycles. The number of aromatic nitrogens is 2. The molecule has 0 radical (unpaired) electrons. The number of rotatable bonds is 7. The van der Waals surface area contributed by atoms with E-state index in [1.807, 2.05) is 97.1 Å². The zero-order valence-corrected chi connectivity index (χ0v) is 28.2. The molecule has 0 saturated heterocycles. The summed E-state index contributed by atoms with van der Waals surface area (Å²) in [6, 6.07) is 64.2. The molecule has 0 spiro atoms. The lowest BCUT2D eigenvalue weighted by Gasteiger charge is -2.34. The van der Waals surface area contributed by atoms with E-state index in [1.54, 1.807) is 0 Å². The lowest BCUT2D eigenvalue weighted by molar-refractivity contribution is 0.889. The Balaban J connectivity index is 1.16. The second-order valence-corrected chi connectivity index (χ2v) is 12.6. The summed E-state index contributed by atoms with van der Waals surface area (Å²) in [5.74, 6) is 2.00. The molecule has 1 aromatic heterocycles. The zero-order chi connectivity index (χ0) is 34.7. The molecule has 52 heavy (non-hydrogen) atoms. The summed E-state index contributed by atoms with van der Waals surface area (Å²) in [5.41, 5.74) is 9.86. The second-order valence-electron chi connectivity index (χ2n) is 12.6. The first-order valence-electron chi connectivity index (χ1n) is 17.4. The maximum atomic E-state index is 5.22. The van der Waals surface area contributed by atoms with Crippen LogP contribution in [0.15, 0.2) is 198 Å². The maximum absolute atomic E-state index is 5.22. The summed E-state index contributed by atoms with van der Waals surface area (Å²) < 4.78 is 0. The Morgan fingerprint density at radius 3 is 1.56 bits per heavy atom. The molecule has 5 heteroatoms. The Hall–Kier alpha value is -6.98. The molecule has 1 aliphatic rings. The molecule has 0 bridgehead atoms. The lowest BCUT2D eigenvalue weighted by Crippen LogP contribution is -2.16. The van der Waals surface area contributed by atoms with Gasteiger partial charge in [0.2, 0.25) is 0 Å². The molecular formula is C47H32N5-. The largest absolute Gasteiger partial charge is 0.438 e. The summed E-state index contributed by atoms with van der Waals surface area (Å²) in [5, 5.41) is 7.46. The van der Waals surface area contributed by atoms with Crippen LogP contribution >= 0.6 is 0 Å². The smallest absolute Gasteiger partial charge is 0.160 e. The minimum absolute atomic E-state index is 0.511. The first kappa shape index (κ1) is 31.0. The number of hydrogen-bond acceptors (Lipinski definition) is 4. The van der Waals surface area contributed by atoms with Crippen molar-refractivity contribution in [2.45, 2.75) is 6.17 Å². The summed E-state index contributed by atoms with van der Waals surface area (Å²) in [7, 11) is 0. The Kier molecular flexibility index (Phi) is 8.20. The van der Waals surface area contributed by atoms with Gasteiger partial charge in [-0.2, -0.15) is 0 Å². The minimum Gasteiger partial charge on any atom is -0.438 e. The van der Waals surface area contributed by atoms with E-state index in [4.69, 9.17) is 25.3 Å². The number of amidine groups is 2. The summed E-state index contributed by atoms with van der Waals surface area (Å²) in [4.78, 5) is 20.3. The Morgan fingerprint density at radius 2 is 0.942 bits per heavy atom. The predicted octanol–water partition coefficient (Wildman–Crippen LogP) is 11.6. The third kappa shape index (κ3) is 6.16. The maximum Gasteiger partial charge on any atom is 0.160 e. The van der Waals surface area contributed by atoms with Crippen molar-refractivity contribution < 1.29 is 0 Å². The molecular weight excluding hydrogens is 635 g/mol. The molecule has 246 valence electrons. The average Bonchev–Trinajstić information content (AvgIpc) is 3.24. The molecule has 2 heterocycles. The molecule has 5 nitrogen and oxygen atoms in total. The first-order valence-corrected chi connectivity index (χ1v) is 17.4. The van der Waals surface area contributed by atoms with Gasteiger partial charge in [0.05, 0.1) is 23.4 Å². The van der Waals surface area contributed by atoms with Gasteiger partial charge in [-0.1, -0.05) is 188 Å². The van der Waals surface area contributed by atoms with Crippen molar-refractivity contribution >= 4 is 22.4 Å². The van der Waals surface area contributed by atoms with Crippen molar-refractivity contribution in [3.8, 4) is 45.0 Å². The molecule has 9 rings (SSSR count). The topological polar surface area (TPSA) is 64.6 Å². The van der Waals surface area contributed by atoms with E-state index in [2.05, 4.69) is 91.0 Å². The van der Waals surface area contributed by atoms with Crippen LogP contribution in [0.5, 0.6) is 0 Å². The van der Waals surface area contributed by atoms with Crippen LogP contribution in [0.25, 0.3) is 61.1 Å². The van der Waals surface area contributed by atoms with Crippen LogP contribution < -0.4 is 0 Å². The standard InChI is InChI=1S/C47H32N5/c1-5-16-34(17-6-1)41-31-42(35-18-7-2-8-19-35)49-44(48-41)38-27-25-33(26-28-38)40-30-29-32-15-13-14-24-39(32)43(40)47-51-45(36-20-9-3-10-21-36)50-46(52-47)37-22-11-4-12-23-37/h1-31,47H/q-1. The highest BCUT2D eigenvalue weighted by Gasteiger charge is 2.20. The van der Waals surface area contributed by atoms with Crippen LogP contribution in [-0.4, -0.2) is 21.6 Å². The van der Waals surface area contributed by atoms with E-state index >= 15 is 0 Å². The average molecular weight is 667 g/mol. The van der Waals surface area contributed by atoms with Crippen LogP contribution in [0.1, 0.15) is 22.9 Å². The third-order valence-corrected chi connectivity index (χ3v) is 9.31. The zero-order valence-electron chi connectivity index (χ0n) is 28.2. The summed E-state index contributed by atoms with van der Waals surface area (Å²) >= 11 is 0. The minimum atomic E-state index is -0.511. The Bertz CT molecular complexity index is 2510. The van der Waals surface area contributed by atoms with Crippen molar-refractivity contribution in [3.63, 3.8) is 0 Å². The van der Waals surface area contributed by atoms with Gasteiger partial charge in [-0.25, -0.2) is 9.97 Å². The van der Waals surface area contributed by atoms with Gasteiger partial charge in [-0.3, -0.25) is 4.99 Å². The third-order valence-electron chi connectivity index (χ3n) is 9.31. The van der Waals surface area contributed by atoms with E-state index in [1.165, 1.54) is 0 Å². The van der Waals surface area contributed by atoms with E-state index in [9.17, 15) is 0 Å². The molecule has 7 aromatic carbocycles. The molecule has 1 unspecified atom stereocenters. The van der Waals surface area contributed by atoms with Gasteiger partial charge in [-0.05, 0) is 44.7 Å². The SMILES string of the molecule is c1ccc(C2=NC(c3c(-c4ccc(-c5nc(-c6ccccc6)cc(-c6ccccc6)n5)cc4)ccc4ccccc34)[N-]C(c3ccccc3)=N2)cc1. The summed E-state index contributed by atoms with van der Waals surface area (Å²) in [6.45, 7) is 0. The number of benzene rings is 7. The Morgan fingerprint density at radius 1 is 0.423 bits per heavy atom. The van der Waals surface area contributed by atoms with Crippen LogP contribution in [0.3, 0.4) is 0 Å². The van der Waals surface area contributed by atoms with E-state index < -0.39 is 6.17 Å². The van der Waals surface area contributed by atoms with Crippen molar-refractivity contribution in [2.75, 3.05) is 0 Å². The molecule has 0 saturated carbocycles. The quantitative estimate of drug-likeness (QED) is 0.170. The fourth-order valence-electron chi connectivity index (χ4n) is 6.71. The van der Waals surface area contributed by atoms with Crippen LogP contribution in [-0.2, 0) is 0 Å². The van der Waals surface area contributed by atoms with Crippen molar-refractivity contribution in [1.82, 2.24) is 9.97 Å². The monoisotopic (exact) mass is 666 g/mol. The molecule has 8 aromatic rings. The Labute approximate surface area is 302 Å². The van der Waals surface area contributed by atoms with Gasteiger partial charge in [0.15, 0.2) is 5.82 Å². The van der Waals surface area contributed by atoms with E-state index in [-0.39, 0.29) is 0 Å². The van der Waals surface area contributed by atoms with Gasteiger partial charge in [-0.15, -0.1) is 0 Å².